The van der Waals surface area contributed by atoms with Gasteiger partial charge in [0.2, 0.25) is 5.91 Å². The Hall–Kier alpha value is -2.82. The van der Waals surface area contributed by atoms with Gasteiger partial charge in [0.05, 0.1) is 7.11 Å². The first kappa shape index (κ1) is 16.1. The number of hydrogen-bond donors (Lipinski definition) is 2. The molecule has 0 radical (unpaired) electrons. The standard InChI is InChI=1S/C19H20N2O3/c1-12-11-17(12)19(23)21-14-5-3-13(4-6-14)18(22)20-15-7-9-16(24-2)10-8-15/h3-10,12,17H,11H2,1-2H3,(H,20,22)(H,21,23)/t12-,17-/m1/s1. The number of hydrogen-bond acceptors (Lipinski definition) is 3. The predicted molar refractivity (Wildman–Crippen MR) is 93.3 cm³/mol. The molecule has 0 bridgehead atoms. The number of benzene rings is 2. The van der Waals surface area contributed by atoms with Crippen LogP contribution in [0, 0.1) is 11.8 Å². The Morgan fingerprint density at radius 3 is 2.04 bits per heavy atom. The molecule has 0 unspecified atom stereocenters. The maximum absolute atomic E-state index is 12.2. The van der Waals surface area contributed by atoms with Gasteiger partial charge in [-0.1, -0.05) is 6.92 Å². The molecule has 2 N–H and O–H groups in total. The SMILES string of the molecule is COc1ccc(NC(=O)c2ccc(NC(=O)[C@@H]3C[C@H]3C)cc2)cc1. The molecule has 0 aliphatic heterocycles. The first-order chi connectivity index (χ1) is 11.6. The molecule has 2 amide bonds. The summed E-state index contributed by atoms with van der Waals surface area (Å²) in [5, 5.41) is 5.70. The van der Waals surface area contributed by atoms with Gasteiger partial charge < -0.3 is 15.4 Å². The molecule has 0 heterocycles. The van der Waals surface area contributed by atoms with Gasteiger partial charge in [-0.05, 0) is 60.9 Å². The number of methoxy groups -OCH3 is 1. The summed E-state index contributed by atoms with van der Waals surface area (Å²) in [7, 11) is 1.60. The second-order valence-corrected chi connectivity index (χ2v) is 6.07. The second-order valence-electron chi connectivity index (χ2n) is 6.07. The van der Waals surface area contributed by atoms with E-state index < -0.39 is 0 Å². The zero-order valence-corrected chi connectivity index (χ0v) is 13.7. The molecule has 124 valence electrons. The van der Waals surface area contributed by atoms with Crippen LogP contribution >= 0.6 is 0 Å². The predicted octanol–water partition coefficient (Wildman–Crippen LogP) is 3.54. The van der Waals surface area contributed by atoms with Crippen molar-refractivity contribution in [2.45, 2.75) is 13.3 Å². The van der Waals surface area contributed by atoms with Gasteiger partial charge in [-0.2, -0.15) is 0 Å². The van der Waals surface area contributed by atoms with Gasteiger partial charge in [0.1, 0.15) is 5.75 Å². The zero-order chi connectivity index (χ0) is 17.1. The molecule has 1 saturated carbocycles. The van der Waals surface area contributed by atoms with Crippen LogP contribution in [0.5, 0.6) is 5.75 Å². The normalized spacial score (nSPS) is 18.6. The molecule has 0 spiro atoms. The highest BCUT2D eigenvalue weighted by atomic mass is 16.5. The monoisotopic (exact) mass is 324 g/mol. The molecule has 2 aromatic rings. The number of nitrogens with one attached hydrogen (secondary N) is 2. The van der Waals surface area contributed by atoms with Crippen molar-refractivity contribution < 1.29 is 14.3 Å². The molecule has 1 aliphatic carbocycles. The van der Waals surface area contributed by atoms with E-state index in [2.05, 4.69) is 17.6 Å². The fourth-order valence-corrected chi connectivity index (χ4v) is 2.50. The van der Waals surface area contributed by atoms with E-state index in [0.717, 1.165) is 12.2 Å². The van der Waals surface area contributed by atoms with Crippen molar-refractivity contribution in [1.29, 1.82) is 0 Å². The Labute approximate surface area is 141 Å². The number of carbonyl (C=O) groups excluding carboxylic acids is 2. The molecule has 1 aliphatic rings. The van der Waals surface area contributed by atoms with Gasteiger partial charge in [0, 0.05) is 22.9 Å². The molecule has 5 heteroatoms. The van der Waals surface area contributed by atoms with E-state index in [-0.39, 0.29) is 17.7 Å². The highest BCUT2D eigenvalue weighted by Crippen LogP contribution is 2.38. The largest absolute Gasteiger partial charge is 0.497 e. The van der Waals surface area contributed by atoms with E-state index in [1.54, 1.807) is 55.6 Å². The van der Waals surface area contributed by atoms with Crippen molar-refractivity contribution in [2.75, 3.05) is 17.7 Å². The van der Waals surface area contributed by atoms with Gasteiger partial charge in [-0.3, -0.25) is 9.59 Å². The Morgan fingerprint density at radius 1 is 0.958 bits per heavy atom. The van der Waals surface area contributed by atoms with Crippen LogP contribution in [-0.4, -0.2) is 18.9 Å². The molecular formula is C19H20N2O3. The summed E-state index contributed by atoms with van der Waals surface area (Å²) in [5.74, 6) is 1.19. The van der Waals surface area contributed by atoms with E-state index in [1.807, 2.05) is 0 Å². The third-order valence-electron chi connectivity index (χ3n) is 4.21. The van der Waals surface area contributed by atoms with Crippen molar-refractivity contribution >= 4 is 23.2 Å². The summed E-state index contributed by atoms with van der Waals surface area (Å²) in [4.78, 5) is 24.1. The topological polar surface area (TPSA) is 67.4 Å². The summed E-state index contributed by atoms with van der Waals surface area (Å²) in [6.07, 6.45) is 0.953. The molecule has 1 fully saturated rings. The van der Waals surface area contributed by atoms with Gasteiger partial charge in [0.15, 0.2) is 0 Å². The lowest BCUT2D eigenvalue weighted by Gasteiger charge is -2.08. The molecule has 2 atom stereocenters. The van der Waals surface area contributed by atoms with Crippen LogP contribution in [0.3, 0.4) is 0 Å². The highest BCUT2D eigenvalue weighted by molar-refractivity contribution is 6.04. The lowest BCUT2D eigenvalue weighted by atomic mass is 10.2. The van der Waals surface area contributed by atoms with E-state index in [4.69, 9.17) is 4.74 Å². The lowest BCUT2D eigenvalue weighted by Crippen LogP contribution is -2.15. The summed E-state index contributed by atoms with van der Waals surface area (Å²) >= 11 is 0. The Morgan fingerprint density at radius 2 is 1.50 bits per heavy atom. The fourth-order valence-electron chi connectivity index (χ4n) is 2.50. The van der Waals surface area contributed by atoms with E-state index in [0.29, 0.717) is 22.9 Å². The van der Waals surface area contributed by atoms with Crippen molar-refractivity contribution in [3.8, 4) is 5.75 Å². The molecule has 0 aromatic heterocycles. The first-order valence-electron chi connectivity index (χ1n) is 7.93. The average molecular weight is 324 g/mol. The van der Waals surface area contributed by atoms with Crippen LogP contribution in [0.2, 0.25) is 0 Å². The van der Waals surface area contributed by atoms with E-state index in [9.17, 15) is 9.59 Å². The van der Waals surface area contributed by atoms with Crippen LogP contribution in [0.15, 0.2) is 48.5 Å². The minimum Gasteiger partial charge on any atom is -0.497 e. The van der Waals surface area contributed by atoms with Gasteiger partial charge >= 0.3 is 0 Å². The third-order valence-corrected chi connectivity index (χ3v) is 4.21. The molecule has 5 nitrogen and oxygen atoms in total. The van der Waals surface area contributed by atoms with Gasteiger partial charge in [-0.25, -0.2) is 0 Å². The number of rotatable bonds is 5. The molecule has 24 heavy (non-hydrogen) atoms. The fraction of sp³-hybridized carbons (Fsp3) is 0.263. The number of amides is 2. The Kier molecular flexibility index (Phi) is 4.51. The van der Waals surface area contributed by atoms with Gasteiger partial charge in [-0.15, -0.1) is 0 Å². The maximum atomic E-state index is 12.2. The number of carbonyl (C=O) groups is 2. The van der Waals surface area contributed by atoms with E-state index in [1.165, 1.54) is 0 Å². The summed E-state index contributed by atoms with van der Waals surface area (Å²) in [5.41, 5.74) is 1.93. The summed E-state index contributed by atoms with van der Waals surface area (Å²) in [6.45, 7) is 2.07. The summed E-state index contributed by atoms with van der Waals surface area (Å²) < 4.78 is 5.08. The first-order valence-corrected chi connectivity index (χ1v) is 7.93. The highest BCUT2D eigenvalue weighted by Gasteiger charge is 2.39. The average Bonchev–Trinajstić information content (AvgIpc) is 3.33. The smallest absolute Gasteiger partial charge is 0.255 e. The van der Waals surface area contributed by atoms with Crippen LogP contribution in [0.25, 0.3) is 0 Å². The van der Waals surface area contributed by atoms with Crippen molar-refractivity contribution in [3.63, 3.8) is 0 Å². The molecule has 2 aromatic carbocycles. The van der Waals surface area contributed by atoms with Crippen LogP contribution in [0.4, 0.5) is 11.4 Å². The van der Waals surface area contributed by atoms with Crippen LogP contribution in [0.1, 0.15) is 23.7 Å². The van der Waals surface area contributed by atoms with Crippen molar-refractivity contribution in [1.82, 2.24) is 0 Å². The minimum atomic E-state index is -0.200. The van der Waals surface area contributed by atoms with Crippen LogP contribution < -0.4 is 15.4 Å². The van der Waals surface area contributed by atoms with Crippen molar-refractivity contribution in [2.24, 2.45) is 11.8 Å². The Balaban J connectivity index is 1.59. The minimum absolute atomic E-state index is 0.0536. The zero-order valence-electron chi connectivity index (χ0n) is 13.7. The second kappa shape index (κ2) is 6.74. The van der Waals surface area contributed by atoms with E-state index >= 15 is 0 Å². The lowest BCUT2D eigenvalue weighted by molar-refractivity contribution is -0.117. The van der Waals surface area contributed by atoms with Crippen molar-refractivity contribution in [3.05, 3.63) is 54.1 Å². The van der Waals surface area contributed by atoms with Crippen LogP contribution in [-0.2, 0) is 4.79 Å². The summed E-state index contributed by atoms with van der Waals surface area (Å²) in [6, 6.07) is 14.0. The Bertz CT molecular complexity index is 738. The number of ether oxygens (including phenoxy) is 1. The maximum Gasteiger partial charge on any atom is 0.255 e. The quantitative estimate of drug-likeness (QED) is 0.884. The number of anilines is 2. The molecular weight excluding hydrogens is 304 g/mol. The molecule has 3 rings (SSSR count). The van der Waals surface area contributed by atoms with Gasteiger partial charge in [0.25, 0.3) is 5.91 Å². The molecule has 0 saturated heterocycles. The third kappa shape index (κ3) is 3.74.